The minimum atomic E-state index is -0.148. The molecule has 0 atom stereocenters. The number of nitrogens with one attached hydrogen (secondary N) is 1. The molecule has 0 spiro atoms. The minimum Gasteiger partial charge on any atom is -0.351 e. The molecule has 0 bridgehead atoms. The molecule has 1 aromatic heterocycles. The first kappa shape index (κ1) is 20.5. The summed E-state index contributed by atoms with van der Waals surface area (Å²) in [4.78, 5) is 27.0. The van der Waals surface area contributed by atoms with E-state index >= 15 is 0 Å². The van der Waals surface area contributed by atoms with E-state index in [4.69, 9.17) is 11.6 Å². The minimum absolute atomic E-state index is 0.131. The largest absolute Gasteiger partial charge is 0.351 e. The summed E-state index contributed by atoms with van der Waals surface area (Å²) in [5.74, 6) is -0.0170. The van der Waals surface area contributed by atoms with Crippen LogP contribution in [-0.4, -0.2) is 40.9 Å². The summed E-state index contributed by atoms with van der Waals surface area (Å²) in [6, 6.07) is 9.44. The lowest BCUT2D eigenvalue weighted by Gasteiger charge is -2.20. The number of benzene rings is 1. The van der Waals surface area contributed by atoms with Gasteiger partial charge in [0.05, 0.1) is 5.56 Å². The number of halogens is 1. The predicted octanol–water partition coefficient (Wildman–Crippen LogP) is 4.27. The molecule has 0 aliphatic carbocycles. The van der Waals surface area contributed by atoms with Crippen molar-refractivity contribution in [2.24, 2.45) is 0 Å². The fourth-order valence-corrected chi connectivity index (χ4v) is 4.05. The first-order chi connectivity index (χ1) is 13.5. The summed E-state index contributed by atoms with van der Waals surface area (Å²) < 4.78 is 2.02. The van der Waals surface area contributed by atoms with Crippen LogP contribution in [0.2, 0.25) is 5.02 Å². The standard InChI is InChI=1S/C22H28ClN3O2/c1-16-14-20(17(2)26(16)19-9-7-8-18(23)15-19)22(28)24-11-10-21(27)25-12-5-3-4-6-13-25/h7-9,14-15H,3-6,10-13H2,1-2H3,(H,24,28). The van der Waals surface area contributed by atoms with Crippen molar-refractivity contribution in [3.63, 3.8) is 0 Å². The van der Waals surface area contributed by atoms with Crippen molar-refractivity contribution in [1.29, 1.82) is 0 Å². The van der Waals surface area contributed by atoms with Crippen molar-refractivity contribution >= 4 is 23.4 Å². The van der Waals surface area contributed by atoms with E-state index in [0.29, 0.717) is 23.6 Å². The Morgan fingerprint density at radius 3 is 2.46 bits per heavy atom. The van der Waals surface area contributed by atoms with Crippen molar-refractivity contribution < 1.29 is 9.59 Å². The maximum absolute atomic E-state index is 12.7. The van der Waals surface area contributed by atoms with Gasteiger partial charge in [-0.1, -0.05) is 30.5 Å². The van der Waals surface area contributed by atoms with Crippen LogP contribution in [0.5, 0.6) is 0 Å². The number of nitrogens with zero attached hydrogens (tertiary/aromatic N) is 2. The van der Waals surface area contributed by atoms with Gasteiger partial charge in [0.25, 0.3) is 5.91 Å². The van der Waals surface area contributed by atoms with E-state index in [1.807, 2.05) is 53.6 Å². The van der Waals surface area contributed by atoms with Gasteiger partial charge in [-0.3, -0.25) is 9.59 Å². The van der Waals surface area contributed by atoms with Crippen LogP contribution >= 0.6 is 11.6 Å². The lowest BCUT2D eigenvalue weighted by atomic mass is 10.2. The van der Waals surface area contributed by atoms with Gasteiger partial charge in [0.2, 0.25) is 5.91 Å². The lowest BCUT2D eigenvalue weighted by molar-refractivity contribution is -0.131. The first-order valence-corrected chi connectivity index (χ1v) is 10.4. The SMILES string of the molecule is Cc1cc(C(=O)NCCC(=O)N2CCCCCC2)c(C)n1-c1cccc(Cl)c1. The molecule has 1 N–H and O–H groups in total. The fourth-order valence-electron chi connectivity index (χ4n) is 3.86. The third-order valence-electron chi connectivity index (χ3n) is 5.33. The summed E-state index contributed by atoms with van der Waals surface area (Å²) >= 11 is 6.11. The number of aromatic nitrogens is 1. The monoisotopic (exact) mass is 401 g/mol. The molecule has 2 heterocycles. The topological polar surface area (TPSA) is 54.3 Å². The van der Waals surface area contributed by atoms with Crippen LogP contribution in [0.15, 0.2) is 30.3 Å². The van der Waals surface area contributed by atoms with Crippen molar-refractivity contribution in [1.82, 2.24) is 14.8 Å². The maximum atomic E-state index is 12.7. The van der Waals surface area contributed by atoms with E-state index in [-0.39, 0.29) is 11.8 Å². The zero-order chi connectivity index (χ0) is 20.1. The highest BCUT2D eigenvalue weighted by Crippen LogP contribution is 2.23. The predicted molar refractivity (Wildman–Crippen MR) is 112 cm³/mol. The summed E-state index contributed by atoms with van der Waals surface area (Å²) in [7, 11) is 0. The van der Waals surface area contributed by atoms with Crippen LogP contribution in [-0.2, 0) is 4.79 Å². The molecule has 1 fully saturated rings. The van der Waals surface area contributed by atoms with Gasteiger partial charge in [-0.15, -0.1) is 0 Å². The fraction of sp³-hybridized carbons (Fsp3) is 0.455. The van der Waals surface area contributed by atoms with Gasteiger partial charge in [-0.25, -0.2) is 0 Å². The van der Waals surface area contributed by atoms with E-state index < -0.39 is 0 Å². The van der Waals surface area contributed by atoms with Gasteiger partial charge in [0.1, 0.15) is 0 Å². The second kappa shape index (κ2) is 9.28. The molecule has 0 saturated carbocycles. The summed E-state index contributed by atoms with van der Waals surface area (Å²) in [5.41, 5.74) is 3.37. The molecule has 5 nitrogen and oxygen atoms in total. The molecule has 3 rings (SSSR count). The molecular weight excluding hydrogens is 374 g/mol. The van der Waals surface area contributed by atoms with Crippen molar-refractivity contribution in [2.45, 2.75) is 46.0 Å². The Labute approximate surface area is 171 Å². The zero-order valence-electron chi connectivity index (χ0n) is 16.6. The summed E-state index contributed by atoms with van der Waals surface area (Å²) in [5, 5.41) is 3.56. The summed E-state index contributed by atoms with van der Waals surface area (Å²) in [6.45, 7) is 5.93. The van der Waals surface area contributed by atoms with Gasteiger partial charge in [0.15, 0.2) is 0 Å². The normalized spacial score (nSPS) is 14.6. The molecule has 1 aromatic carbocycles. The number of hydrogen-bond acceptors (Lipinski definition) is 2. The first-order valence-electron chi connectivity index (χ1n) is 9.98. The highest BCUT2D eigenvalue weighted by molar-refractivity contribution is 6.30. The third-order valence-corrected chi connectivity index (χ3v) is 5.56. The van der Waals surface area contributed by atoms with Gasteiger partial charge in [-0.05, 0) is 51.0 Å². The van der Waals surface area contributed by atoms with Crippen LogP contribution in [0.3, 0.4) is 0 Å². The number of aryl methyl sites for hydroxylation is 1. The number of hydrogen-bond donors (Lipinski definition) is 1. The van der Waals surface area contributed by atoms with E-state index in [0.717, 1.165) is 43.0 Å². The molecular formula is C22H28ClN3O2. The number of carbonyl (C=O) groups is 2. The van der Waals surface area contributed by atoms with Gasteiger partial charge >= 0.3 is 0 Å². The van der Waals surface area contributed by atoms with E-state index in [1.165, 1.54) is 12.8 Å². The molecule has 2 aromatic rings. The van der Waals surface area contributed by atoms with Gasteiger partial charge in [0, 0.05) is 48.2 Å². The molecule has 0 radical (unpaired) electrons. The Morgan fingerprint density at radius 2 is 1.79 bits per heavy atom. The van der Waals surface area contributed by atoms with Crippen molar-refractivity contribution in [3.8, 4) is 5.69 Å². The zero-order valence-corrected chi connectivity index (χ0v) is 17.4. The average Bonchev–Trinajstić information content (AvgIpc) is 2.84. The van der Waals surface area contributed by atoms with Gasteiger partial charge in [-0.2, -0.15) is 0 Å². The Kier molecular flexibility index (Phi) is 6.79. The molecule has 0 unspecified atom stereocenters. The number of likely N-dealkylation sites (tertiary alicyclic amines) is 1. The number of amides is 2. The summed E-state index contributed by atoms with van der Waals surface area (Å²) in [6.07, 6.45) is 4.89. The second-order valence-electron chi connectivity index (χ2n) is 7.40. The average molecular weight is 402 g/mol. The smallest absolute Gasteiger partial charge is 0.253 e. The molecule has 1 saturated heterocycles. The number of carbonyl (C=O) groups excluding carboxylic acids is 2. The van der Waals surface area contributed by atoms with E-state index in [1.54, 1.807) is 0 Å². The molecule has 6 heteroatoms. The van der Waals surface area contributed by atoms with Crippen LogP contribution in [0, 0.1) is 13.8 Å². The van der Waals surface area contributed by atoms with Crippen LogP contribution in [0.1, 0.15) is 53.8 Å². The highest BCUT2D eigenvalue weighted by Gasteiger charge is 2.18. The lowest BCUT2D eigenvalue weighted by Crippen LogP contribution is -2.35. The Morgan fingerprint density at radius 1 is 1.07 bits per heavy atom. The molecule has 1 aliphatic rings. The molecule has 2 amide bonds. The third kappa shape index (κ3) is 4.76. The molecule has 1 aliphatic heterocycles. The van der Waals surface area contributed by atoms with Crippen molar-refractivity contribution in [3.05, 3.63) is 52.3 Å². The van der Waals surface area contributed by atoms with E-state index in [2.05, 4.69) is 5.32 Å². The van der Waals surface area contributed by atoms with Crippen LogP contribution in [0.25, 0.3) is 5.69 Å². The van der Waals surface area contributed by atoms with Crippen LogP contribution in [0.4, 0.5) is 0 Å². The van der Waals surface area contributed by atoms with E-state index in [9.17, 15) is 9.59 Å². The second-order valence-corrected chi connectivity index (χ2v) is 7.84. The van der Waals surface area contributed by atoms with Crippen LogP contribution < -0.4 is 5.32 Å². The quantitative estimate of drug-likeness (QED) is 0.813. The Balaban J connectivity index is 1.62. The maximum Gasteiger partial charge on any atom is 0.253 e. The Bertz CT molecular complexity index is 851. The molecule has 28 heavy (non-hydrogen) atoms. The number of rotatable bonds is 5. The van der Waals surface area contributed by atoms with Crippen molar-refractivity contribution in [2.75, 3.05) is 19.6 Å². The molecule has 150 valence electrons. The van der Waals surface area contributed by atoms with Gasteiger partial charge < -0.3 is 14.8 Å². The Hall–Kier alpha value is -2.27. The highest BCUT2D eigenvalue weighted by atomic mass is 35.5.